The number of carboxylic acid groups (broad SMARTS) is 1. The highest BCUT2D eigenvalue weighted by atomic mass is 35.5. The number of anilines is 1. The summed E-state index contributed by atoms with van der Waals surface area (Å²) < 4.78 is 9.71. The monoisotopic (exact) mass is 287 g/mol. The first-order valence-electron chi connectivity index (χ1n) is 5.41. The molecule has 0 spiro atoms. The number of nitrogens with one attached hydrogen (secondary N) is 1. The number of carbonyl (C=O) groups is 2. The molecule has 1 aromatic rings. The zero-order valence-electron chi connectivity index (χ0n) is 10.5. The SMILES string of the molecule is COC(=O)c1cc(NCCC(=O)O)c(OC)cc1Cl. The first-order chi connectivity index (χ1) is 8.99. The Morgan fingerprint density at radius 3 is 2.58 bits per heavy atom. The van der Waals surface area contributed by atoms with Gasteiger partial charge >= 0.3 is 11.9 Å². The van der Waals surface area contributed by atoms with Gasteiger partial charge in [0, 0.05) is 12.6 Å². The molecule has 0 atom stereocenters. The van der Waals surface area contributed by atoms with E-state index in [2.05, 4.69) is 10.1 Å². The van der Waals surface area contributed by atoms with Crippen molar-refractivity contribution < 1.29 is 24.2 Å². The van der Waals surface area contributed by atoms with Crippen molar-refractivity contribution in [2.45, 2.75) is 6.42 Å². The van der Waals surface area contributed by atoms with Crippen LogP contribution in [0.2, 0.25) is 5.02 Å². The molecule has 1 rings (SSSR count). The number of carboxylic acids is 1. The quantitative estimate of drug-likeness (QED) is 0.779. The minimum atomic E-state index is -0.923. The Bertz CT molecular complexity index is 489. The lowest BCUT2D eigenvalue weighted by Gasteiger charge is -2.13. The predicted molar refractivity (Wildman–Crippen MR) is 70.1 cm³/mol. The molecular formula is C12H14ClNO5. The molecule has 6 nitrogen and oxygen atoms in total. The number of benzene rings is 1. The van der Waals surface area contributed by atoms with E-state index in [0.29, 0.717) is 11.4 Å². The first kappa shape index (κ1) is 15.1. The summed E-state index contributed by atoms with van der Waals surface area (Å²) in [6.07, 6.45) is -0.0562. The van der Waals surface area contributed by atoms with E-state index in [9.17, 15) is 9.59 Å². The molecule has 0 aliphatic heterocycles. The highest BCUT2D eigenvalue weighted by molar-refractivity contribution is 6.34. The van der Waals surface area contributed by atoms with Gasteiger partial charge in [0.2, 0.25) is 0 Å². The normalized spacial score (nSPS) is 9.84. The third kappa shape index (κ3) is 4.03. The van der Waals surface area contributed by atoms with Crippen molar-refractivity contribution in [3.05, 3.63) is 22.7 Å². The van der Waals surface area contributed by atoms with Crippen molar-refractivity contribution in [3.8, 4) is 5.75 Å². The lowest BCUT2D eigenvalue weighted by Crippen LogP contribution is -2.10. The van der Waals surface area contributed by atoms with Gasteiger partial charge in [0.25, 0.3) is 0 Å². The number of halogens is 1. The van der Waals surface area contributed by atoms with Gasteiger partial charge in [-0.3, -0.25) is 4.79 Å². The standard InChI is InChI=1S/C12H14ClNO5/c1-18-10-6-8(13)7(12(17)19-2)5-9(10)14-4-3-11(15)16/h5-6,14H,3-4H2,1-2H3,(H,15,16). The number of esters is 1. The smallest absolute Gasteiger partial charge is 0.339 e. The summed E-state index contributed by atoms with van der Waals surface area (Å²) in [5.41, 5.74) is 0.663. The van der Waals surface area contributed by atoms with Gasteiger partial charge in [0.05, 0.1) is 36.9 Å². The third-order valence-corrected chi connectivity index (χ3v) is 2.66. The van der Waals surface area contributed by atoms with Crippen LogP contribution in [0.5, 0.6) is 5.75 Å². The maximum atomic E-state index is 11.5. The molecule has 0 aliphatic rings. The fourth-order valence-corrected chi connectivity index (χ4v) is 1.66. The Labute approximate surface area is 115 Å². The van der Waals surface area contributed by atoms with Crippen molar-refractivity contribution >= 4 is 29.2 Å². The van der Waals surface area contributed by atoms with Crippen molar-refractivity contribution in [1.29, 1.82) is 0 Å². The molecule has 2 N–H and O–H groups in total. The van der Waals surface area contributed by atoms with Crippen molar-refractivity contribution in [2.75, 3.05) is 26.1 Å². The molecule has 0 amide bonds. The summed E-state index contributed by atoms with van der Waals surface area (Å²) in [7, 11) is 2.70. The van der Waals surface area contributed by atoms with Gasteiger partial charge in [0.15, 0.2) is 0 Å². The molecule has 1 aromatic carbocycles. The van der Waals surface area contributed by atoms with Gasteiger partial charge in [-0.2, -0.15) is 0 Å². The van der Waals surface area contributed by atoms with Crippen LogP contribution in [-0.4, -0.2) is 37.8 Å². The summed E-state index contributed by atoms with van der Waals surface area (Å²) in [5, 5.41) is 11.6. The van der Waals surface area contributed by atoms with Gasteiger partial charge < -0.3 is 19.9 Å². The van der Waals surface area contributed by atoms with Gasteiger partial charge in [0.1, 0.15) is 5.75 Å². The van der Waals surface area contributed by atoms with Crippen molar-refractivity contribution in [2.24, 2.45) is 0 Å². The summed E-state index contributed by atoms with van der Waals surface area (Å²) in [4.78, 5) is 22.0. The molecule has 0 saturated heterocycles. The number of methoxy groups -OCH3 is 2. The van der Waals surface area contributed by atoms with Crippen LogP contribution in [0.15, 0.2) is 12.1 Å². The van der Waals surface area contributed by atoms with E-state index < -0.39 is 11.9 Å². The van der Waals surface area contributed by atoms with Crippen LogP contribution in [0.4, 0.5) is 5.69 Å². The molecule has 104 valence electrons. The zero-order valence-corrected chi connectivity index (χ0v) is 11.3. The maximum absolute atomic E-state index is 11.5. The molecule has 0 aromatic heterocycles. The Hall–Kier alpha value is -1.95. The molecule has 0 heterocycles. The third-order valence-electron chi connectivity index (χ3n) is 2.35. The van der Waals surface area contributed by atoms with Crippen LogP contribution in [0.3, 0.4) is 0 Å². The zero-order chi connectivity index (χ0) is 14.4. The van der Waals surface area contributed by atoms with E-state index in [4.69, 9.17) is 21.4 Å². The summed E-state index contributed by atoms with van der Waals surface area (Å²) in [5.74, 6) is -1.08. The predicted octanol–water partition coefficient (Wildman–Crippen LogP) is 2.02. The molecule has 0 unspecified atom stereocenters. The van der Waals surface area contributed by atoms with Crippen LogP contribution < -0.4 is 10.1 Å². The summed E-state index contributed by atoms with van der Waals surface area (Å²) >= 11 is 5.94. The number of ether oxygens (including phenoxy) is 2. The van der Waals surface area contributed by atoms with Gasteiger partial charge in [-0.15, -0.1) is 0 Å². The molecule has 0 aliphatic carbocycles. The van der Waals surface area contributed by atoms with E-state index in [1.54, 1.807) is 0 Å². The first-order valence-corrected chi connectivity index (χ1v) is 5.79. The van der Waals surface area contributed by atoms with Crippen LogP contribution >= 0.6 is 11.6 Å². The average molecular weight is 288 g/mol. The Morgan fingerprint density at radius 1 is 1.37 bits per heavy atom. The highest BCUT2D eigenvalue weighted by Crippen LogP contribution is 2.31. The largest absolute Gasteiger partial charge is 0.495 e. The van der Waals surface area contributed by atoms with Gasteiger partial charge in [-0.05, 0) is 6.07 Å². The second-order valence-electron chi connectivity index (χ2n) is 3.59. The maximum Gasteiger partial charge on any atom is 0.339 e. The molecule has 0 bridgehead atoms. The number of hydrogen-bond donors (Lipinski definition) is 2. The van der Waals surface area contributed by atoms with Crippen LogP contribution in [0.25, 0.3) is 0 Å². The lowest BCUT2D eigenvalue weighted by atomic mass is 10.1. The summed E-state index contributed by atoms with van der Waals surface area (Å²) in [6, 6.07) is 2.94. The van der Waals surface area contributed by atoms with E-state index in [1.165, 1.54) is 26.4 Å². The van der Waals surface area contributed by atoms with Gasteiger partial charge in [-0.1, -0.05) is 11.6 Å². The van der Waals surface area contributed by atoms with Crippen LogP contribution in [0.1, 0.15) is 16.8 Å². The fraction of sp³-hybridized carbons (Fsp3) is 0.333. The van der Waals surface area contributed by atoms with Crippen molar-refractivity contribution in [3.63, 3.8) is 0 Å². The minimum absolute atomic E-state index is 0.0562. The van der Waals surface area contributed by atoms with Gasteiger partial charge in [-0.25, -0.2) is 4.79 Å². The second kappa shape index (κ2) is 6.84. The topological polar surface area (TPSA) is 84.9 Å². The van der Waals surface area contributed by atoms with E-state index >= 15 is 0 Å². The molecule has 0 saturated carbocycles. The second-order valence-corrected chi connectivity index (χ2v) is 4.00. The average Bonchev–Trinajstić information content (AvgIpc) is 2.38. The number of carbonyl (C=O) groups excluding carboxylic acids is 1. The Kier molecular flexibility index (Phi) is 5.44. The Balaban J connectivity index is 2.99. The molecular weight excluding hydrogens is 274 g/mol. The molecule has 0 radical (unpaired) electrons. The minimum Gasteiger partial charge on any atom is -0.495 e. The lowest BCUT2D eigenvalue weighted by molar-refractivity contribution is -0.136. The fourth-order valence-electron chi connectivity index (χ4n) is 1.43. The Morgan fingerprint density at radius 2 is 2.05 bits per heavy atom. The highest BCUT2D eigenvalue weighted by Gasteiger charge is 2.15. The van der Waals surface area contributed by atoms with Crippen LogP contribution in [0, 0.1) is 0 Å². The van der Waals surface area contributed by atoms with E-state index in [0.717, 1.165) is 0 Å². The van der Waals surface area contributed by atoms with E-state index in [1.807, 2.05) is 0 Å². The molecule has 7 heteroatoms. The number of aliphatic carboxylic acids is 1. The number of hydrogen-bond acceptors (Lipinski definition) is 5. The molecule has 0 fully saturated rings. The van der Waals surface area contributed by atoms with Crippen molar-refractivity contribution in [1.82, 2.24) is 0 Å². The van der Waals surface area contributed by atoms with E-state index in [-0.39, 0.29) is 23.6 Å². The van der Waals surface area contributed by atoms with Crippen LogP contribution in [-0.2, 0) is 9.53 Å². The summed E-state index contributed by atoms with van der Waals surface area (Å²) in [6.45, 7) is 0.202. The molecule has 19 heavy (non-hydrogen) atoms. The number of rotatable bonds is 6.